The molecular weight excluding hydrogens is 386 g/mol. The number of halogens is 1. The van der Waals surface area contributed by atoms with E-state index in [9.17, 15) is 4.79 Å². The molecule has 0 radical (unpaired) electrons. The predicted octanol–water partition coefficient (Wildman–Crippen LogP) is 5.95. The van der Waals surface area contributed by atoms with Crippen LogP contribution in [0.25, 0.3) is 11.1 Å². The van der Waals surface area contributed by atoms with Crippen molar-refractivity contribution in [2.75, 3.05) is 0 Å². The van der Waals surface area contributed by atoms with Gasteiger partial charge in [-0.1, -0.05) is 52.3 Å². The molecule has 0 aliphatic carbocycles. The van der Waals surface area contributed by atoms with E-state index in [1.807, 2.05) is 31.3 Å². The number of carbonyl (C=O) groups excluding carboxylic acids is 1. The molecule has 0 N–H and O–H groups in total. The number of aryl methyl sites for hydroxylation is 2. The molecule has 26 heavy (non-hydrogen) atoms. The van der Waals surface area contributed by atoms with Crippen LogP contribution in [0.2, 0.25) is 0 Å². The Labute approximate surface area is 163 Å². The van der Waals surface area contributed by atoms with Crippen LogP contribution in [0.5, 0.6) is 0 Å². The van der Waals surface area contributed by atoms with Crippen LogP contribution in [0.3, 0.4) is 0 Å². The van der Waals surface area contributed by atoms with E-state index in [0.717, 1.165) is 39.7 Å². The summed E-state index contributed by atoms with van der Waals surface area (Å²) in [6.45, 7) is 1.99. The normalized spacial score (nSPS) is 10.7. The minimum atomic E-state index is 0.301. The molecule has 3 aromatic rings. The Morgan fingerprint density at radius 1 is 0.923 bits per heavy atom. The van der Waals surface area contributed by atoms with Crippen LogP contribution in [-0.2, 0) is 17.6 Å². The van der Waals surface area contributed by atoms with Gasteiger partial charge >= 0.3 is 0 Å². The largest absolute Gasteiger partial charge is 0.299 e. The van der Waals surface area contributed by atoms with Crippen molar-refractivity contribution in [1.82, 2.24) is 4.98 Å². The number of ketones is 1. The third-order valence-corrected chi connectivity index (χ3v) is 4.95. The van der Waals surface area contributed by atoms with Crippen molar-refractivity contribution in [3.8, 4) is 11.1 Å². The lowest BCUT2D eigenvalue weighted by Crippen LogP contribution is -2.03. The van der Waals surface area contributed by atoms with Gasteiger partial charge in [0.2, 0.25) is 0 Å². The zero-order valence-corrected chi connectivity index (χ0v) is 16.5. The summed E-state index contributed by atoms with van der Waals surface area (Å²) < 4.78 is 1.09. The standard InChI is InChI=1S/C23H22BrNO/c1-17-15-21(13-14-25-17)20-9-5-19(6-10-20)16-23(26)4-2-3-18-7-11-22(24)12-8-18/h5-15H,2-4,16H2,1H3. The van der Waals surface area contributed by atoms with Gasteiger partial charge in [0.05, 0.1) is 0 Å². The lowest BCUT2D eigenvalue weighted by atomic mass is 10.00. The Hall–Kier alpha value is -2.26. The van der Waals surface area contributed by atoms with Crippen LogP contribution in [0.1, 0.15) is 29.7 Å². The fourth-order valence-corrected chi connectivity index (χ4v) is 3.26. The van der Waals surface area contributed by atoms with E-state index in [1.165, 1.54) is 5.56 Å². The van der Waals surface area contributed by atoms with Gasteiger partial charge in [-0.05, 0) is 66.3 Å². The van der Waals surface area contributed by atoms with Crippen molar-refractivity contribution in [2.45, 2.75) is 32.6 Å². The monoisotopic (exact) mass is 407 g/mol. The maximum Gasteiger partial charge on any atom is 0.137 e. The molecule has 2 aromatic carbocycles. The lowest BCUT2D eigenvalue weighted by Gasteiger charge is -2.06. The van der Waals surface area contributed by atoms with Gasteiger partial charge in [0.1, 0.15) is 5.78 Å². The maximum atomic E-state index is 12.2. The number of hydrogen-bond acceptors (Lipinski definition) is 2. The molecule has 132 valence electrons. The highest BCUT2D eigenvalue weighted by Crippen LogP contribution is 2.20. The van der Waals surface area contributed by atoms with E-state index in [4.69, 9.17) is 0 Å². The highest BCUT2D eigenvalue weighted by Gasteiger charge is 2.05. The van der Waals surface area contributed by atoms with Gasteiger partial charge in [0, 0.05) is 29.2 Å². The molecule has 1 heterocycles. The van der Waals surface area contributed by atoms with Crippen molar-refractivity contribution in [2.24, 2.45) is 0 Å². The van der Waals surface area contributed by atoms with E-state index in [-0.39, 0.29) is 0 Å². The molecule has 1 aromatic heterocycles. The molecule has 0 saturated carbocycles. The number of aromatic nitrogens is 1. The predicted molar refractivity (Wildman–Crippen MR) is 110 cm³/mol. The summed E-state index contributed by atoms with van der Waals surface area (Å²) in [5.41, 5.74) is 5.67. The maximum absolute atomic E-state index is 12.2. The van der Waals surface area contributed by atoms with Gasteiger partial charge in [0.25, 0.3) is 0 Å². The zero-order valence-electron chi connectivity index (χ0n) is 14.9. The summed E-state index contributed by atoms with van der Waals surface area (Å²) >= 11 is 3.44. The molecule has 3 rings (SSSR count). The van der Waals surface area contributed by atoms with Gasteiger partial charge in [-0.15, -0.1) is 0 Å². The number of hydrogen-bond donors (Lipinski definition) is 0. The van der Waals surface area contributed by atoms with Crippen LogP contribution in [0.4, 0.5) is 0 Å². The number of carbonyl (C=O) groups is 1. The minimum absolute atomic E-state index is 0.301. The van der Waals surface area contributed by atoms with Crippen molar-refractivity contribution in [3.05, 3.63) is 88.2 Å². The Morgan fingerprint density at radius 2 is 1.62 bits per heavy atom. The van der Waals surface area contributed by atoms with Crippen LogP contribution in [0, 0.1) is 6.92 Å². The molecule has 0 fully saturated rings. The van der Waals surface area contributed by atoms with E-state index < -0.39 is 0 Å². The molecular formula is C23H22BrNO. The summed E-state index contributed by atoms with van der Waals surface area (Å²) in [5.74, 6) is 0.301. The van der Waals surface area contributed by atoms with Crippen LogP contribution in [0.15, 0.2) is 71.3 Å². The molecule has 0 unspecified atom stereocenters. The Bertz CT molecular complexity index is 869. The topological polar surface area (TPSA) is 30.0 Å². The quantitative estimate of drug-likeness (QED) is 0.483. The fourth-order valence-electron chi connectivity index (χ4n) is 3.00. The first-order chi connectivity index (χ1) is 12.6. The van der Waals surface area contributed by atoms with Gasteiger partial charge in [-0.3, -0.25) is 9.78 Å². The van der Waals surface area contributed by atoms with Gasteiger partial charge in [-0.2, -0.15) is 0 Å². The first-order valence-electron chi connectivity index (χ1n) is 8.88. The number of rotatable bonds is 7. The second-order valence-electron chi connectivity index (χ2n) is 6.58. The first-order valence-corrected chi connectivity index (χ1v) is 9.67. The average molecular weight is 408 g/mol. The summed E-state index contributed by atoms with van der Waals surface area (Å²) in [6, 6.07) is 20.7. The molecule has 2 nitrogen and oxygen atoms in total. The highest BCUT2D eigenvalue weighted by molar-refractivity contribution is 9.10. The number of nitrogens with zero attached hydrogens (tertiary/aromatic N) is 1. The second kappa shape index (κ2) is 8.91. The van der Waals surface area contributed by atoms with Crippen LogP contribution >= 0.6 is 15.9 Å². The van der Waals surface area contributed by atoms with Crippen molar-refractivity contribution >= 4 is 21.7 Å². The van der Waals surface area contributed by atoms with Gasteiger partial charge < -0.3 is 0 Å². The smallest absolute Gasteiger partial charge is 0.137 e. The highest BCUT2D eigenvalue weighted by atomic mass is 79.9. The lowest BCUT2D eigenvalue weighted by molar-refractivity contribution is -0.118. The average Bonchev–Trinajstić information content (AvgIpc) is 2.64. The second-order valence-corrected chi connectivity index (χ2v) is 7.49. The third kappa shape index (κ3) is 5.37. The molecule has 0 saturated heterocycles. The SMILES string of the molecule is Cc1cc(-c2ccc(CC(=O)CCCc3ccc(Br)cc3)cc2)ccn1. The molecule has 0 atom stereocenters. The Kier molecular flexibility index (Phi) is 6.35. The van der Waals surface area contributed by atoms with Gasteiger partial charge in [-0.25, -0.2) is 0 Å². The summed E-state index contributed by atoms with van der Waals surface area (Å²) in [7, 11) is 0. The molecule has 3 heteroatoms. The minimum Gasteiger partial charge on any atom is -0.299 e. The number of Topliss-reactive ketones (excluding diaryl/α,β-unsaturated/α-hetero) is 1. The molecule has 0 amide bonds. The van der Waals surface area contributed by atoms with E-state index in [1.54, 1.807) is 0 Å². The van der Waals surface area contributed by atoms with Crippen molar-refractivity contribution in [1.29, 1.82) is 0 Å². The fraction of sp³-hybridized carbons (Fsp3) is 0.217. The number of benzene rings is 2. The molecule has 0 spiro atoms. The van der Waals surface area contributed by atoms with E-state index in [2.05, 4.69) is 63.4 Å². The zero-order chi connectivity index (χ0) is 18.4. The first kappa shape index (κ1) is 18.5. The Balaban J connectivity index is 1.50. The molecule has 0 aliphatic heterocycles. The van der Waals surface area contributed by atoms with Gasteiger partial charge in [0.15, 0.2) is 0 Å². The Morgan fingerprint density at radius 3 is 2.31 bits per heavy atom. The van der Waals surface area contributed by atoms with Crippen LogP contribution < -0.4 is 0 Å². The third-order valence-electron chi connectivity index (χ3n) is 4.42. The summed E-state index contributed by atoms with van der Waals surface area (Å²) in [6.07, 6.45) is 4.80. The van der Waals surface area contributed by atoms with E-state index in [0.29, 0.717) is 18.6 Å². The van der Waals surface area contributed by atoms with Crippen molar-refractivity contribution in [3.63, 3.8) is 0 Å². The van der Waals surface area contributed by atoms with Crippen LogP contribution in [-0.4, -0.2) is 10.8 Å². The molecule has 0 aliphatic rings. The molecule has 0 bridgehead atoms. The van der Waals surface area contributed by atoms with E-state index >= 15 is 0 Å². The summed E-state index contributed by atoms with van der Waals surface area (Å²) in [5, 5.41) is 0. The van der Waals surface area contributed by atoms with Crippen molar-refractivity contribution < 1.29 is 4.79 Å². The number of pyridine rings is 1. The summed E-state index contributed by atoms with van der Waals surface area (Å²) in [4.78, 5) is 16.5.